The molecule has 0 aliphatic rings. The van der Waals surface area contributed by atoms with Crippen LogP contribution in [0.1, 0.15) is 47.2 Å². The molecule has 0 atom stereocenters. The van der Waals surface area contributed by atoms with Crippen LogP contribution in [0, 0.1) is 13.8 Å². The summed E-state index contributed by atoms with van der Waals surface area (Å²) in [5.41, 5.74) is 3.69. The van der Waals surface area contributed by atoms with Gasteiger partial charge in [-0.05, 0) is 25.8 Å². The highest BCUT2D eigenvalue weighted by Crippen LogP contribution is 2.26. The molecule has 0 aromatic carbocycles. The van der Waals surface area contributed by atoms with E-state index in [1.165, 1.54) is 0 Å². The van der Waals surface area contributed by atoms with Crippen LogP contribution in [0.3, 0.4) is 0 Å². The van der Waals surface area contributed by atoms with Crippen LogP contribution < -0.4 is 0 Å². The van der Waals surface area contributed by atoms with Crippen molar-refractivity contribution in [1.82, 2.24) is 9.55 Å². The molecule has 0 radical (unpaired) electrons. The number of halogens is 1. The minimum absolute atomic E-state index is 0.0133. The predicted octanol–water partition coefficient (Wildman–Crippen LogP) is 4.10. The normalized spacial score (nSPS) is 11.3. The number of hydrogen-bond donors (Lipinski definition) is 0. The van der Waals surface area contributed by atoms with Crippen molar-refractivity contribution in [2.75, 3.05) is 5.88 Å². The fourth-order valence-electron chi connectivity index (χ4n) is 2.06. The summed E-state index contributed by atoms with van der Waals surface area (Å²) >= 11 is 7.24. The lowest BCUT2D eigenvalue weighted by atomic mass is 10.2. The lowest BCUT2D eigenvalue weighted by molar-refractivity contribution is 0.102. The first-order valence-electron chi connectivity index (χ1n) is 6.19. The molecule has 2 heterocycles. The van der Waals surface area contributed by atoms with Crippen LogP contribution in [-0.4, -0.2) is 21.2 Å². The highest BCUT2D eigenvalue weighted by Gasteiger charge is 2.18. The lowest BCUT2D eigenvalue weighted by Crippen LogP contribution is -2.04. The van der Waals surface area contributed by atoms with E-state index >= 15 is 0 Å². The highest BCUT2D eigenvalue weighted by molar-refractivity contribution is 7.12. The standard InChI is InChI=1S/C14H17ClN2OS/c1-8(2)12-7-19-14(16-12)17-9(3)5-11(10(17)4)13(18)6-15/h5,7-8H,6H2,1-4H3. The second-order valence-electron chi connectivity index (χ2n) is 4.89. The van der Waals surface area contributed by atoms with Gasteiger partial charge in [0, 0.05) is 22.3 Å². The topological polar surface area (TPSA) is 34.9 Å². The molecule has 0 unspecified atom stereocenters. The third-order valence-electron chi connectivity index (χ3n) is 3.15. The van der Waals surface area contributed by atoms with Gasteiger partial charge in [-0.2, -0.15) is 0 Å². The van der Waals surface area contributed by atoms with E-state index in [-0.39, 0.29) is 11.7 Å². The van der Waals surface area contributed by atoms with Gasteiger partial charge in [-0.3, -0.25) is 9.36 Å². The quantitative estimate of drug-likeness (QED) is 0.629. The number of nitrogens with zero attached hydrogens (tertiary/aromatic N) is 2. The Balaban J connectivity index is 2.50. The van der Waals surface area contributed by atoms with Crippen LogP contribution in [0.2, 0.25) is 0 Å². The van der Waals surface area contributed by atoms with E-state index in [4.69, 9.17) is 11.6 Å². The zero-order valence-electron chi connectivity index (χ0n) is 11.5. The van der Waals surface area contributed by atoms with Gasteiger partial charge >= 0.3 is 0 Å². The smallest absolute Gasteiger partial charge is 0.194 e. The van der Waals surface area contributed by atoms with Gasteiger partial charge in [0.2, 0.25) is 0 Å². The maximum absolute atomic E-state index is 11.8. The number of carbonyl (C=O) groups excluding carboxylic acids is 1. The number of ketones is 1. The van der Waals surface area contributed by atoms with Gasteiger partial charge in [-0.1, -0.05) is 13.8 Å². The molecular formula is C14H17ClN2OS. The van der Waals surface area contributed by atoms with Gasteiger partial charge in [-0.25, -0.2) is 4.98 Å². The molecule has 0 aliphatic carbocycles. The number of rotatable bonds is 4. The molecule has 2 aromatic heterocycles. The van der Waals surface area contributed by atoms with Crippen molar-refractivity contribution in [2.45, 2.75) is 33.6 Å². The van der Waals surface area contributed by atoms with Crippen molar-refractivity contribution in [3.05, 3.63) is 34.1 Å². The van der Waals surface area contributed by atoms with Crippen LogP contribution >= 0.6 is 22.9 Å². The number of aryl methyl sites for hydroxylation is 1. The molecule has 0 fully saturated rings. The molecule has 0 aliphatic heterocycles. The van der Waals surface area contributed by atoms with Crippen molar-refractivity contribution < 1.29 is 4.79 Å². The summed E-state index contributed by atoms with van der Waals surface area (Å²) < 4.78 is 2.02. The van der Waals surface area contributed by atoms with Crippen LogP contribution in [0.25, 0.3) is 5.13 Å². The SMILES string of the molecule is Cc1cc(C(=O)CCl)c(C)n1-c1nc(C(C)C)cs1. The van der Waals surface area contributed by atoms with Gasteiger partial charge in [0.15, 0.2) is 10.9 Å². The minimum atomic E-state index is -0.0401. The average Bonchev–Trinajstić information content (AvgIpc) is 2.93. The van der Waals surface area contributed by atoms with Crippen LogP contribution in [-0.2, 0) is 0 Å². The van der Waals surface area contributed by atoms with E-state index in [1.807, 2.05) is 24.5 Å². The molecule has 0 saturated carbocycles. The molecule has 2 rings (SSSR count). The first-order valence-corrected chi connectivity index (χ1v) is 7.61. The maximum atomic E-state index is 11.8. The Labute approximate surface area is 122 Å². The number of carbonyl (C=O) groups is 1. The van der Waals surface area contributed by atoms with Gasteiger partial charge < -0.3 is 0 Å². The summed E-state index contributed by atoms with van der Waals surface area (Å²) in [5, 5.41) is 2.98. The fourth-order valence-corrected chi connectivity index (χ4v) is 3.29. The Hall–Kier alpha value is -1.13. The second kappa shape index (κ2) is 5.47. The number of thiazole rings is 1. The Morgan fingerprint density at radius 1 is 1.47 bits per heavy atom. The summed E-state index contributed by atoms with van der Waals surface area (Å²) in [4.78, 5) is 16.4. The number of alkyl halides is 1. The highest BCUT2D eigenvalue weighted by atomic mass is 35.5. The van der Waals surface area contributed by atoms with Crippen LogP contribution in [0.15, 0.2) is 11.4 Å². The van der Waals surface area contributed by atoms with Crippen LogP contribution in [0.5, 0.6) is 0 Å². The first kappa shape index (κ1) is 14.3. The van der Waals surface area contributed by atoms with Crippen molar-refractivity contribution >= 4 is 28.7 Å². The second-order valence-corrected chi connectivity index (χ2v) is 5.99. The summed E-state index contributed by atoms with van der Waals surface area (Å²) in [5.74, 6) is 0.381. The Morgan fingerprint density at radius 2 is 2.16 bits per heavy atom. The molecule has 0 N–H and O–H groups in total. The van der Waals surface area contributed by atoms with E-state index in [0.29, 0.717) is 11.5 Å². The molecule has 2 aromatic rings. The summed E-state index contributed by atoms with van der Waals surface area (Å²) in [6.07, 6.45) is 0. The summed E-state index contributed by atoms with van der Waals surface area (Å²) in [6, 6.07) is 1.89. The van der Waals surface area contributed by atoms with E-state index in [9.17, 15) is 4.79 Å². The molecule has 102 valence electrons. The molecule has 0 spiro atoms. The third kappa shape index (κ3) is 2.60. The predicted molar refractivity (Wildman–Crippen MR) is 80.1 cm³/mol. The van der Waals surface area contributed by atoms with Crippen molar-refractivity contribution in [2.24, 2.45) is 0 Å². The number of Topliss-reactive ketones (excluding diaryl/α,β-unsaturated/α-hetero) is 1. The lowest BCUT2D eigenvalue weighted by Gasteiger charge is -2.05. The fraction of sp³-hybridized carbons (Fsp3) is 0.429. The van der Waals surface area contributed by atoms with Crippen molar-refractivity contribution in [3.8, 4) is 5.13 Å². The van der Waals surface area contributed by atoms with Gasteiger partial charge in [0.05, 0.1) is 11.6 Å². The van der Waals surface area contributed by atoms with Crippen molar-refractivity contribution in [1.29, 1.82) is 0 Å². The van der Waals surface area contributed by atoms with Crippen LogP contribution in [0.4, 0.5) is 0 Å². The summed E-state index contributed by atoms with van der Waals surface area (Å²) in [6.45, 7) is 8.16. The molecular weight excluding hydrogens is 280 g/mol. The van der Waals surface area contributed by atoms with Gasteiger partial charge in [-0.15, -0.1) is 22.9 Å². The molecule has 0 amide bonds. The zero-order chi connectivity index (χ0) is 14.2. The largest absolute Gasteiger partial charge is 0.294 e. The van der Waals surface area contributed by atoms with E-state index in [2.05, 4.69) is 24.2 Å². The molecule has 19 heavy (non-hydrogen) atoms. The molecule has 0 bridgehead atoms. The van der Waals surface area contributed by atoms with Gasteiger partial charge in [0.1, 0.15) is 0 Å². The Kier molecular flexibility index (Phi) is 4.11. The number of aromatic nitrogens is 2. The molecule has 3 nitrogen and oxygen atoms in total. The van der Waals surface area contributed by atoms with Gasteiger partial charge in [0.25, 0.3) is 0 Å². The monoisotopic (exact) mass is 296 g/mol. The molecule has 0 saturated heterocycles. The zero-order valence-corrected chi connectivity index (χ0v) is 13.1. The third-order valence-corrected chi connectivity index (χ3v) is 4.23. The minimum Gasteiger partial charge on any atom is -0.294 e. The van der Waals surface area contributed by atoms with E-state index in [0.717, 1.165) is 22.2 Å². The molecule has 5 heteroatoms. The Bertz CT molecular complexity index is 613. The van der Waals surface area contributed by atoms with E-state index in [1.54, 1.807) is 11.3 Å². The maximum Gasteiger partial charge on any atom is 0.194 e. The average molecular weight is 297 g/mol. The number of hydrogen-bond acceptors (Lipinski definition) is 3. The summed E-state index contributed by atoms with van der Waals surface area (Å²) in [7, 11) is 0. The first-order chi connectivity index (χ1) is 8.95. The van der Waals surface area contributed by atoms with E-state index < -0.39 is 0 Å². The van der Waals surface area contributed by atoms with Crippen molar-refractivity contribution in [3.63, 3.8) is 0 Å². The Morgan fingerprint density at radius 3 is 2.68 bits per heavy atom.